The third-order valence-electron chi connectivity index (χ3n) is 4.36. The summed E-state index contributed by atoms with van der Waals surface area (Å²) in [7, 11) is -3.38. The summed E-state index contributed by atoms with van der Waals surface area (Å²) in [6, 6.07) is 0.813. The van der Waals surface area contributed by atoms with Crippen LogP contribution in [0.3, 0.4) is 0 Å². The van der Waals surface area contributed by atoms with Crippen LogP contribution in [0.15, 0.2) is 17.3 Å². The van der Waals surface area contributed by atoms with E-state index in [0.29, 0.717) is 24.0 Å². The highest BCUT2D eigenvalue weighted by molar-refractivity contribution is 7.89. The number of nitrogens with one attached hydrogen (secondary N) is 1. The van der Waals surface area contributed by atoms with Crippen LogP contribution in [0.25, 0.3) is 0 Å². The molecular weight excluding hydrogens is 288 g/mol. The topological polar surface area (TPSA) is 67.2 Å². The lowest BCUT2D eigenvalue weighted by molar-refractivity contribution is 0.379. The smallest absolute Gasteiger partial charge is 0.246 e. The molecule has 3 rings (SSSR count). The van der Waals surface area contributed by atoms with E-state index in [1.165, 1.54) is 19.0 Å². The van der Waals surface area contributed by atoms with Gasteiger partial charge in [-0.3, -0.25) is 4.68 Å². The predicted molar refractivity (Wildman–Crippen MR) is 80.5 cm³/mol. The van der Waals surface area contributed by atoms with Gasteiger partial charge >= 0.3 is 0 Å². The summed E-state index contributed by atoms with van der Waals surface area (Å²) in [6.45, 7) is 4.23. The SMILES string of the molecule is CCC1CCCN1S(=O)(=O)c1cnn(CCNC2CC2)c1. The minimum atomic E-state index is -3.38. The predicted octanol–water partition coefficient (Wildman–Crippen LogP) is 1.20. The van der Waals surface area contributed by atoms with E-state index in [-0.39, 0.29) is 6.04 Å². The number of sulfonamides is 1. The van der Waals surface area contributed by atoms with Gasteiger partial charge in [-0.05, 0) is 32.1 Å². The van der Waals surface area contributed by atoms with Gasteiger partial charge in [0.25, 0.3) is 0 Å². The Morgan fingerprint density at radius 2 is 2.19 bits per heavy atom. The maximum absolute atomic E-state index is 12.7. The first-order valence-corrected chi connectivity index (χ1v) is 9.33. The van der Waals surface area contributed by atoms with Crippen molar-refractivity contribution < 1.29 is 8.42 Å². The summed E-state index contributed by atoms with van der Waals surface area (Å²) in [5.74, 6) is 0. The van der Waals surface area contributed by atoms with Crippen molar-refractivity contribution >= 4 is 10.0 Å². The van der Waals surface area contributed by atoms with Crippen molar-refractivity contribution in [2.45, 2.75) is 62.6 Å². The number of rotatable bonds is 7. The van der Waals surface area contributed by atoms with E-state index in [2.05, 4.69) is 10.4 Å². The maximum Gasteiger partial charge on any atom is 0.246 e. The molecule has 1 saturated heterocycles. The average molecular weight is 312 g/mol. The number of hydrogen-bond donors (Lipinski definition) is 1. The molecule has 0 radical (unpaired) electrons. The van der Waals surface area contributed by atoms with Gasteiger partial charge in [-0.1, -0.05) is 6.92 Å². The first-order chi connectivity index (χ1) is 10.1. The molecule has 118 valence electrons. The van der Waals surface area contributed by atoms with Crippen LogP contribution < -0.4 is 5.32 Å². The Kier molecular flexibility index (Phi) is 4.33. The third-order valence-corrected chi connectivity index (χ3v) is 6.27. The Morgan fingerprint density at radius 1 is 1.38 bits per heavy atom. The highest BCUT2D eigenvalue weighted by Gasteiger charge is 2.34. The fraction of sp³-hybridized carbons (Fsp3) is 0.786. The fourth-order valence-corrected chi connectivity index (χ4v) is 4.66. The Morgan fingerprint density at radius 3 is 2.90 bits per heavy atom. The van der Waals surface area contributed by atoms with Crippen LogP contribution in [0, 0.1) is 0 Å². The Hall–Kier alpha value is -0.920. The van der Waals surface area contributed by atoms with E-state index >= 15 is 0 Å². The molecule has 1 aliphatic heterocycles. The van der Waals surface area contributed by atoms with Gasteiger partial charge in [0.2, 0.25) is 10.0 Å². The van der Waals surface area contributed by atoms with Crippen LogP contribution in [-0.4, -0.2) is 47.7 Å². The van der Waals surface area contributed by atoms with Crippen LogP contribution in [0.4, 0.5) is 0 Å². The molecule has 0 spiro atoms. The molecule has 1 atom stereocenters. The summed E-state index contributed by atoms with van der Waals surface area (Å²) in [4.78, 5) is 0.328. The van der Waals surface area contributed by atoms with Gasteiger partial charge in [-0.25, -0.2) is 8.42 Å². The molecule has 0 amide bonds. The second-order valence-electron chi connectivity index (χ2n) is 5.99. The summed E-state index contributed by atoms with van der Waals surface area (Å²) in [5, 5.41) is 7.60. The molecule has 2 heterocycles. The van der Waals surface area contributed by atoms with Crippen molar-refractivity contribution in [2.24, 2.45) is 0 Å². The lowest BCUT2D eigenvalue weighted by Crippen LogP contribution is -2.34. The van der Waals surface area contributed by atoms with E-state index in [1.54, 1.807) is 15.2 Å². The average Bonchev–Trinajstić information content (AvgIpc) is 2.97. The zero-order chi connectivity index (χ0) is 14.9. The Bertz CT molecular complexity index is 580. The van der Waals surface area contributed by atoms with Crippen LogP contribution in [-0.2, 0) is 16.6 Å². The summed E-state index contributed by atoms with van der Waals surface area (Å²) in [6.07, 6.45) is 8.45. The maximum atomic E-state index is 12.7. The van der Waals surface area contributed by atoms with E-state index in [0.717, 1.165) is 25.8 Å². The fourth-order valence-electron chi connectivity index (χ4n) is 2.94. The van der Waals surface area contributed by atoms with E-state index in [4.69, 9.17) is 0 Å². The number of aromatic nitrogens is 2. The first kappa shape index (κ1) is 15.0. The van der Waals surface area contributed by atoms with Gasteiger partial charge in [0.05, 0.1) is 12.7 Å². The van der Waals surface area contributed by atoms with Gasteiger partial charge in [0.15, 0.2) is 0 Å². The van der Waals surface area contributed by atoms with Crippen molar-refractivity contribution in [1.82, 2.24) is 19.4 Å². The number of nitrogens with zero attached hydrogens (tertiary/aromatic N) is 3. The highest BCUT2D eigenvalue weighted by Crippen LogP contribution is 2.27. The molecule has 2 fully saturated rings. The minimum Gasteiger partial charge on any atom is -0.312 e. The molecule has 6 nitrogen and oxygen atoms in total. The largest absolute Gasteiger partial charge is 0.312 e. The zero-order valence-corrected chi connectivity index (χ0v) is 13.3. The van der Waals surface area contributed by atoms with Gasteiger partial charge in [0, 0.05) is 31.4 Å². The van der Waals surface area contributed by atoms with Crippen molar-refractivity contribution in [3.63, 3.8) is 0 Å². The standard InChI is InChI=1S/C14H24N4O2S/c1-2-13-4-3-8-18(13)21(19,20)14-10-16-17(11-14)9-7-15-12-5-6-12/h10-13,15H,2-9H2,1H3. The van der Waals surface area contributed by atoms with Gasteiger partial charge in [-0.2, -0.15) is 9.40 Å². The van der Waals surface area contributed by atoms with Gasteiger partial charge < -0.3 is 5.32 Å². The lowest BCUT2D eigenvalue weighted by atomic mass is 10.2. The summed E-state index contributed by atoms with van der Waals surface area (Å²) >= 11 is 0. The molecule has 1 aliphatic carbocycles. The molecule has 21 heavy (non-hydrogen) atoms. The van der Waals surface area contributed by atoms with Crippen LogP contribution >= 0.6 is 0 Å². The van der Waals surface area contributed by atoms with Crippen molar-refractivity contribution in [1.29, 1.82) is 0 Å². The van der Waals surface area contributed by atoms with Crippen LogP contribution in [0.5, 0.6) is 0 Å². The molecule has 0 bridgehead atoms. The molecular formula is C14H24N4O2S. The highest BCUT2D eigenvalue weighted by atomic mass is 32.2. The molecule has 1 saturated carbocycles. The van der Waals surface area contributed by atoms with Crippen molar-refractivity contribution in [3.05, 3.63) is 12.4 Å². The second-order valence-corrected chi connectivity index (χ2v) is 7.88. The lowest BCUT2D eigenvalue weighted by Gasteiger charge is -2.21. The molecule has 0 aromatic carbocycles. The van der Waals surface area contributed by atoms with Crippen molar-refractivity contribution in [2.75, 3.05) is 13.1 Å². The third kappa shape index (κ3) is 3.30. The van der Waals surface area contributed by atoms with Gasteiger partial charge in [0.1, 0.15) is 4.90 Å². The molecule has 2 aliphatic rings. The first-order valence-electron chi connectivity index (χ1n) is 7.89. The summed E-state index contributed by atoms with van der Waals surface area (Å²) in [5.41, 5.74) is 0. The van der Waals surface area contributed by atoms with E-state index in [1.807, 2.05) is 6.92 Å². The van der Waals surface area contributed by atoms with Crippen LogP contribution in [0.2, 0.25) is 0 Å². The quantitative estimate of drug-likeness (QED) is 0.821. The normalized spacial score (nSPS) is 23.8. The van der Waals surface area contributed by atoms with Crippen molar-refractivity contribution in [3.8, 4) is 0 Å². The zero-order valence-electron chi connectivity index (χ0n) is 12.5. The van der Waals surface area contributed by atoms with E-state index < -0.39 is 10.0 Å². The molecule has 1 aromatic heterocycles. The van der Waals surface area contributed by atoms with Gasteiger partial charge in [-0.15, -0.1) is 0 Å². The second kappa shape index (κ2) is 6.06. The minimum absolute atomic E-state index is 0.148. The Labute approximate surface area is 126 Å². The van der Waals surface area contributed by atoms with E-state index in [9.17, 15) is 8.42 Å². The monoisotopic (exact) mass is 312 g/mol. The molecule has 1 unspecified atom stereocenters. The molecule has 1 N–H and O–H groups in total. The summed E-state index contributed by atoms with van der Waals surface area (Å²) < 4.78 is 28.7. The number of hydrogen-bond acceptors (Lipinski definition) is 4. The van der Waals surface area contributed by atoms with Crippen LogP contribution in [0.1, 0.15) is 39.0 Å². The molecule has 1 aromatic rings. The Balaban J connectivity index is 1.65. The molecule has 7 heteroatoms.